The van der Waals surface area contributed by atoms with E-state index in [4.69, 9.17) is 9.47 Å². The van der Waals surface area contributed by atoms with Crippen LogP contribution in [0.15, 0.2) is 54.6 Å². The van der Waals surface area contributed by atoms with Crippen LogP contribution in [0.4, 0.5) is 11.4 Å². The van der Waals surface area contributed by atoms with Crippen molar-refractivity contribution in [3.8, 4) is 11.5 Å². The molecule has 2 aromatic rings. The molecular weight excluding hydrogens is 396 g/mol. The van der Waals surface area contributed by atoms with Gasteiger partial charge in [0.2, 0.25) is 11.8 Å². The topological polar surface area (TPSA) is 84.9 Å². The van der Waals surface area contributed by atoms with E-state index in [-0.39, 0.29) is 41.4 Å². The van der Waals surface area contributed by atoms with E-state index < -0.39 is 0 Å². The first-order valence-corrected chi connectivity index (χ1v) is 10.2. The molecule has 7 nitrogen and oxygen atoms in total. The average molecular weight is 418 g/mol. The number of benzene rings is 2. The van der Waals surface area contributed by atoms with Crippen molar-refractivity contribution in [2.45, 2.75) is 6.42 Å². The Kier molecular flexibility index (Phi) is 4.54. The number of nitrogens with one attached hydrogen (secondary N) is 1. The molecule has 1 saturated heterocycles. The average Bonchev–Trinajstić information content (AvgIpc) is 3.47. The van der Waals surface area contributed by atoms with E-state index in [1.165, 1.54) is 12.0 Å². The Morgan fingerprint density at radius 1 is 0.968 bits per heavy atom. The number of imide groups is 1. The molecule has 0 unspecified atom stereocenters. The highest BCUT2D eigenvalue weighted by Crippen LogP contribution is 2.53. The van der Waals surface area contributed by atoms with Gasteiger partial charge in [0.25, 0.3) is 5.91 Å². The Labute approximate surface area is 179 Å². The minimum atomic E-state index is -0.369. The fourth-order valence-electron chi connectivity index (χ4n) is 5.04. The van der Waals surface area contributed by atoms with Crippen LogP contribution in [0.5, 0.6) is 11.5 Å². The van der Waals surface area contributed by atoms with Gasteiger partial charge in [-0.1, -0.05) is 18.2 Å². The molecule has 5 rings (SSSR count). The third kappa shape index (κ3) is 3.00. The van der Waals surface area contributed by atoms with Crippen molar-refractivity contribution in [2.24, 2.45) is 23.7 Å². The highest BCUT2D eigenvalue weighted by molar-refractivity contribution is 6.23. The molecule has 0 radical (unpaired) electrons. The Balaban J connectivity index is 1.39. The van der Waals surface area contributed by atoms with E-state index >= 15 is 0 Å². The van der Waals surface area contributed by atoms with Gasteiger partial charge in [0.05, 0.1) is 37.4 Å². The minimum Gasteiger partial charge on any atom is -0.497 e. The molecule has 1 aliphatic heterocycles. The van der Waals surface area contributed by atoms with Gasteiger partial charge in [0, 0.05) is 11.6 Å². The fourth-order valence-corrected chi connectivity index (χ4v) is 5.04. The van der Waals surface area contributed by atoms with Crippen molar-refractivity contribution in [1.82, 2.24) is 0 Å². The highest BCUT2D eigenvalue weighted by atomic mass is 16.5. The number of carbonyl (C=O) groups excluding carboxylic acids is 3. The van der Waals surface area contributed by atoms with Crippen LogP contribution < -0.4 is 19.7 Å². The molecule has 2 bridgehead atoms. The molecule has 7 heteroatoms. The molecular formula is C24H22N2O5. The number of hydrogen-bond acceptors (Lipinski definition) is 5. The lowest BCUT2D eigenvalue weighted by atomic mass is 9.85. The smallest absolute Gasteiger partial charge is 0.255 e. The number of fused-ring (bicyclic) bond motifs is 5. The number of nitrogens with zero attached hydrogens (tertiary/aromatic N) is 1. The van der Waals surface area contributed by atoms with Crippen LogP contribution in [0.25, 0.3) is 0 Å². The van der Waals surface area contributed by atoms with Crippen LogP contribution in [0.2, 0.25) is 0 Å². The number of hydrogen-bond donors (Lipinski definition) is 1. The standard InChI is InChI=1S/C24H22N2O5/c1-30-17-8-9-18(19(12-17)31-2)25-22(27)15-4-3-5-16(11-15)26-23(28)20-13-6-7-14(10-13)21(20)24(26)29/h3-9,11-14,20-21H,10H2,1-2H3,(H,25,27)/t13-,14+,20-,21-/m0/s1. The molecule has 0 aromatic heterocycles. The van der Waals surface area contributed by atoms with Crippen molar-refractivity contribution in [3.05, 3.63) is 60.2 Å². The fraction of sp³-hybridized carbons (Fsp3) is 0.292. The van der Waals surface area contributed by atoms with Gasteiger partial charge in [-0.15, -0.1) is 0 Å². The summed E-state index contributed by atoms with van der Waals surface area (Å²) in [6.45, 7) is 0. The zero-order valence-corrected chi connectivity index (χ0v) is 17.2. The van der Waals surface area contributed by atoms with E-state index in [1.54, 1.807) is 49.6 Å². The van der Waals surface area contributed by atoms with Gasteiger partial charge in [0.1, 0.15) is 11.5 Å². The van der Waals surface area contributed by atoms with Crippen LogP contribution in [-0.4, -0.2) is 31.9 Å². The van der Waals surface area contributed by atoms with Crippen LogP contribution in [0, 0.1) is 23.7 Å². The second-order valence-corrected chi connectivity index (χ2v) is 8.08. The van der Waals surface area contributed by atoms with Gasteiger partial charge >= 0.3 is 0 Å². The lowest BCUT2D eigenvalue weighted by molar-refractivity contribution is -0.123. The Bertz CT molecular complexity index is 1090. The zero-order chi connectivity index (χ0) is 21.7. The maximum Gasteiger partial charge on any atom is 0.255 e. The molecule has 0 spiro atoms. The van der Waals surface area contributed by atoms with Crippen molar-refractivity contribution in [2.75, 3.05) is 24.4 Å². The molecule has 3 aliphatic rings. The largest absolute Gasteiger partial charge is 0.497 e. The zero-order valence-electron chi connectivity index (χ0n) is 17.2. The lowest BCUT2D eigenvalue weighted by Gasteiger charge is -2.18. The summed E-state index contributed by atoms with van der Waals surface area (Å²) in [5, 5.41) is 2.82. The molecule has 1 heterocycles. The first kappa shape index (κ1) is 19.4. The number of ether oxygens (including phenoxy) is 2. The summed E-state index contributed by atoms with van der Waals surface area (Å²) in [6, 6.07) is 11.7. The Hall–Kier alpha value is -3.61. The number of allylic oxidation sites excluding steroid dienone is 2. The van der Waals surface area contributed by atoms with Crippen molar-refractivity contribution < 1.29 is 23.9 Å². The van der Waals surface area contributed by atoms with Crippen LogP contribution in [0.3, 0.4) is 0 Å². The second kappa shape index (κ2) is 7.27. The van der Waals surface area contributed by atoms with Gasteiger partial charge in [-0.05, 0) is 48.6 Å². The Morgan fingerprint density at radius 3 is 2.32 bits per heavy atom. The van der Waals surface area contributed by atoms with E-state index in [1.807, 2.05) is 0 Å². The quantitative estimate of drug-likeness (QED) is 0.595. The monoisotopic (exact) mass is 418 g/mol. The van der Waals surface area contributed by atoms with Crippen LogP contribution in [-0.2, 0) is 9.59 Å². The minimum absolute atomic E-state index is 0.144. The summed E-state index contributed by atoms with van der Waals surface area (Å²) in [4.78, 5) is 40.2. The summed E-state index contributed by atoms with van der Waals surface area (Å²) in [5.74, 6) is 0.110. The molecule has 1 N–H and O–H groups in total. The SMILES string of the molecule is COc1ccc(NC(=O)c2cccc(N3C(=O)[C@@H]4[C@@H](C3=O)[C@H]3C=C[C@@H]4C3)c2)c(OC)c1. The number of rotatable bonds is 5. The van der Waals surface area contributed by atoms with Crippen molar-refractivity contribution >= 4 is 29.1 Å². The van der Waals surface area contributed by atoms with E-state index in [2.05, 4.69) is 17.5 Å². The molecule has 2 aliphatic carbocycles. The van der Waals surface area contributed by atoms with E-state index in [0.29, 0.717) is 28.4 Å². The number of anilines is 2. The molecule has 3 amide bonds. The molecule has 31 heavy (non-hydrogen) atoms. The van der Waals surface area contributed by atoms with Gasteiger partial charge in [-0.3, -0.25) is 14.4 Å². The second-order valence-electron chi connectivity index (χ2n) is 8.08. The summed E-state index contributed by atoms with van der Waals surface area (Å²) >= 11 is 0. The third-order valence-electron chi connectivity index (χ3n) is 6.49. The lowest BCUT2D eigenvalue weighted by Crippen LogP contribution is -2.33. The van der Waals surface area contributed by atoms with Gasteiger partial charge < -0.3 is 14.8 Å². The third-order valence-corrected chi connectivity index (χ3v) is 6.49. The summed E-state index contributed by atoms with van der Waals surface area (Å²) in [6.07, 6.45) is 5.01. The normalized spacial score (nSPS) is 25.7. The molecule has 1 saturated carbocycles. The van der Waals surface area contributed by atoms with Gasteiger partial charge in [-0.25, -0.2) is 4.90 Å². The molecule has 158 valence electrons. The molecule has 4 atom stereocenters. The van der Waals surface area contributed by atoms with Crippen molar-refractivity contribution in [1.29, 1.82) is 0 Å². The molecule has 2 aromatic carbocycles. The van der Waals surface area contributed by atoms with E-state index in [9.17, 15) is 14.4 Å². The summed E-state index contributed by atoms with van der Waals surface area (Å²) in [5.41, 5.74) is 1.26. The predicted octanol–water partition coefficient (Wildman–Crippen LogP) is 3.27. The number of methoxy groups -OCH3 is 2. The predicted molar refractivity (Wildman–Crippen MR) is 114 cm³/mol. The van der Waals surface area contributed by atoms with Crippen LogP contribution >= 0.6 is 0 Å². The summed E-state index contributed by atoms with van der Waals surface area (Å²) in [7, 11) is 3.06. The van der Waals surface area contributed by atoms with Crippen LogP contribution in [0.1, 0.15) is 16.8 Å². The van der Waals surface area contributed by atoms with Gasteiger partial charge in [0.15, 0.2) is 0 Å². The number of carbonyl (C=O) groups is 3. The maximum absolute atomic E-state index is 13.0. The highest BCUT2D eigenvalue weighted by Gasteiger charge is 2.59. The number of amides is 3. The first-order valence-electron chi connectivity index (χ1n) is 10.2. The molecule has 2 fully saturated rings. The van der Waals surface area contributed by atoms with Gasteiger partial charge in [-0.2, -0.15) is 0 Å². The van der Waals surface area contributed by atoms with E-state index in [0.717, 1.165) is 6.42 Å². The Morgan fingerprint density at radius 2 is 1.68 bits per heavy atom. The maximum atomic E-state index is 13.0. The summed E-state index contributed by atoms with van der Waals surface area (Å²) < 4.78 is 10.5. The first-order chi connectivity index (χ1) is 15.0. The van der Waals surface area contributed by atoms with Crippen molar-refractivity contribution in [3.63, 3.8) is 0 Å².